The van der Waals surface area contributed by atoms with Crippen LogP contribution in [0, 0.1) is 20.8 Å². The molecule has 1 aliphatic rings. The number of fused-ring (bicyclic) bond motifs is 4. The van der Waals surface area contributed by atoms with Gasteiger partial charge in [0.05, 0.1) is 36.4 Å². The molecule has 6 aromatic rings. The van der Waals surface area contributed by atoms with Crippen LogP contribution in [0.3, 0.4) is 0 Å². The number of hydrazine groups is 1. The Bertz CT molecular complexity index is 2780. The van der Waals surface area contributed by atoms with Gasteiger partial charge in [-0.25, -0.2) is 10.6 Å². The van der Waals surface area contributed by atoms with E-state index in [1.165, 1.54) is 23.2 Å². The second-order valence-corrected chi connectivity index (χ2v) is 17.2. The zero-order valence-corrected chi connectivity index (χ0v) is 37.7. The maximum atomic E-state index is 13.4. The molecular weight excluding hydrogens is 866 g/mol. The number of pyridine rings is 1. The van der Waals surface area contributed by atoms with E-state index in [0.29, 0.717) is 74.6 Å². The fraction of sp³-hybridized carbons (Fsp3) is 0.295. The average molecular weight is 913 g/mol. The number of benzene rings is 2. The number of methoxy groups -OCH3 is 1. The van der Waals surface area contributed by atoms with Crippen LogP contribution in [0.4, 0.5) is 5.82 Å². The Hall–Kier alpha value is -6.27. The van der Waals surface area contributed by atoms with Crippen LogP contribution < -0.4 is 26.5 Å². The van der Waals surface area contributed by atoms with Crippen molar-refractivity contribution in [2.45, 2.75) is 58.9 Å². The van der Waals surface area contributed by atoms with E-state index in [4.69, 9.17) is 44.5 Å². The summed E-state index contributed by atoms with van der Waals surface area (Å²) in [6.07, 6.45) is 5.33. The first kappa shape index (κ1) is 44.8. The number of nitrogens with two attached hydrogens (primary N) is 2. The van der Waals surface area contributed by atoms with Gasteiger partial charge in [-0.15, -0.1) is 21.5 Å². The molecule has 0 saturated carbocycles. The number of aromatic amines is 1. The highest BCUT2D eigenvalue weighted by Gasteiger charge is 2.32. The summed E-state index contributed by atoms with van der Waals surface area (Å²) in [6, 6.07) is 13.7. The molecule has 19 heteroatoms. The molecule has 0 radical (unpaired) electrons. The van der Waals surface area contributed by atoms with Gasteiger partial charge in [0.15, 0.2) is 5.82 Å². The van der Waals surface area contributed by atoms with Crippen LogP contribution in [0.25, 0.3) is 27.0 Å². The first-order valence-corrected chi connectivity index (χ1v) is 21.7. The van der Waals surface area contributed by atoms with Gasteiger partial charge in [-0.1, -0.05) is 41.8 Å². The number of H-pyrrole nitrogens is 1. The highest BCUT2D eigenvalue weighted by molar-refractivity contribution is 7.15. The van der Waals surface area contributed by atoms with Gasteiger partial charge >= 0.3 is 5.97 Å². The van der Waals surface area contributed by atoms with Gasteiger partial charge in [0.2, 0.25) is 17.7 Å². The lowest BCUT2D eigenvalue weighted by Crippen LogP contribution is -2.32. The molecule has 5 heterocycles. The quantitative estimate of drug-likeness (QED) is 0.0365. The highest BCUT2D eigenvalue weighted by Crippen LogP contribution is 2.41. The number of nitrogens with one attached hydrogen (secondary N) is 2. The van der Waals surface area contributed by atoms with E-state index in [2.05, 4.69) is 39.3 Å². The molecule has 0 spiro atoms. The van der Waals surface area contributed by atoms with Crippen LogP contribution in [-0.2, 0) is 9.59 Å². The van der Waals surface area contributed by atoms with E-state index in [1.54, 1.807) is 48.8 Å². The molecule has 0 fully saturated rings. The fourth-order valence-electron chi connectivity index (χ4n) is 7.45. The third-order valence-electron chi connectivity index (χ3n) is 10.9. The van der Waals surface area contributed by atoms with Gasteiger partial charge < -0.3 is 30.9 Å². The van der Waals surface area contributed by atoms with Crippen molar-refractivity contribution in [1.29, 1.82) is 0 Å². The average Bonchev–Trinajstić information content (AvgIpc) is 3.91. The van der Waals surface area contributed by atoms with Crippen molar-refractivity contribution >= 4 is 74.8 Å². The number of amides is 2. The molecule has 1 aliphatic heterocycles. The third-order valence-corrected chi connectivity index (χ3v) is 12.7. The lowest BCUT2D eigenvalue weighted by atomic mass is 9.99. The topological polar surface area (TPSA) is 223 Å². The summed E-state index contributed by atoms with van der Waals surface area (Å²) in [5.41, 5.74) is 12.2. The molecule has 1 atom stereocenters. The number of halogens is 2. The number of thiophene rings is 1. The number of ether oxygens (including phenoxy) is 1. The van der Waals surface area contributed by atoms with Crippen molar-refractivity contribution in [3.63, 3.8) is 0 Å². The predicted octanol–water partition coefficient (Wildman–Crippen LogP) is 7.41. The number of aromatic nitrogens is 5. The largest absolute Gasteiger partial charge is 0.480 e. The van der Waals surface area contributed by atoms with Gasteiger partial charge in [0.25, 0.3) is 0 Å². The van der Waals surface area contributed by atoms with Gasteiger partial charge in [-0.2, -0.15) is 4.98 Å². The number of carbonyl (C=O) groups excluding carboxylic acids is 2. The molecule has 4 aromatic heterocycles. The molecule has 0 bridgehead atoms. The zero-order valence-electron chi connectivity index (χ0n) is 35.3. The molecule has 63 heavy (non-hydrogen) atoms. The van der Waals surface area contributed by atoms with Gasteiger partial charge in [-0.05, 0) is 75.6 Å². The Kier molecular flexibility index (Phi) is 13.5. The summed E-state index contributed by atoms with van der Waals surface area (Å²) in [4.78, 5) is 53.6. The van der Waals surface area contributed by atoms with Crippen molar-refractivity contribution in [1.82, 2.24) is 35.1 Å². The molecule has 328 valence electrons. The minimum Gasteiger partial charge on any atom is -0.480 e. The number of carboxylic acids is 1. The Balaban J connectivity index is 0.899. The number of hydrogen-bond acceptors (Lipinski definition) is 12. The lowest BCUT2D eigenvalue weighted by molar-refractivity contribution is -0.121. The SMILES string of the molecule is COc1nc(N(C)C(=O)CCCCCN(N)/C=C(\N)CNC(=O)CC2N=C(c3ccc(Cl)cc3)c3c(sc(C)c3C)-n3c(C)nnc32)ccc1-c1cc2c(C(=O)O)c[nH]c2cc1Cl. The van der Waals surface area contributed by atoms with Gasteiger partial charge in [0.1, 0.15) is 22.7 Å². The molecule has 2 amide bonds. The summed E-state index contributed by atoms with van der Waals surface area (Å²) in [5.74, 6) is 6.67. The molecule has 7 rings (SSSR count). The smallest absolute Gasteiger partial charge is 0.337 e. The van der Waals surface area contributed by atoms with E-state index < -0.39 is 12.0 Å². The Labute approximate surface area is 377 Å². The third kappa shape index (κ3) is 9.56. The summed E-state index contributed by atoms with van der Waals surface area (Å²) in [6.45, 7) is 6.60. The van der Waals surface area contributed by atoms with Crippen LogP contribution in [0.5, 0.6) is 5.88 Å². The first-order chi connectivity index (χ1) is 30.1. The number of rotatable bonds is 16. The number of unbranched alkanes of at least 4 members (excludes halogenated alkanes) is 2. The van der Waals surface area contributed by atoms with Crippen LogP contribution >= 0.6 is 34.5 Å². The normalized spacial score (nSPS) is 13.6. The lowest BCUT2D eigenvalue weighted by Gasteiger charge is -2.19. The number of carbonyl (C=O) groups is 3. The molecular formula is C44H47Cl2N11O5S. The summed E-state index contributed by atoms with van der Waals surface area (Å²) < 4.78 is 7.57. The molecule has 2 aromatic carbocycles. The van der Waals surface area contributed by atoms with Crippen LogP contribution in [0.1, 0.15) is 81.7 Å². The molecule has 1 unspecified atom stereocenters. The van der Waals surface area contributed by atoms with Crippen molar-refractivity contribution in [2.24, 2.45) is 16.6 Å². The van der Waals surface area contributed by atoms with E-state index >= 15 is 0 Å². The number of aromatic carboxylic acids is 1. The molecule has 16 nitrogen and oxygen atoms in total. The Morgan fingerprint density at radius 3 is 2.54 bits per heavy atom. The van der Waals surface area contributed by atoms with E-state index in [9.17, 15) is 19.5 Å². The number of carboxylic acid groups (broad SMARTS) is 1. The maximum absolute atomic E-state index is 13.4. The number of hydrogen-bond donors (Lipinski definition) is 5. The van der Waals surface area contributed by atoms with Gasteiger partial charge in [0, 0.05) is 81.2 Å². The Morgan fingerprint density at radius 1 is 1.05 bits per heavy atom. The van der Waals surface area contributed by atoms with E-state index in [1.807, 2.05) is 35.8 Å². The number of anilines is 1. The zero-order chi connectivity index (χ0) is 45.1. The van der Waals surface area contributed by atoms with Crippen LogP contribution in [-0.4, -0.2) is 85.6 Å². The summed E-state index contributed by atoms with van der Waals surface area (Å²) in [5, 5.41) is 25.2. The van der Waals surface area contributed by atoms with Crippen molar-refractivity contribution in [2.75, 3.05) is 32.1 Å². The van der Waals surface area contributed by atoms with Crippen molar-refractivity contribution < 1.29 is 24.2 Å². The Morgan fingerprint density at radius 2 is 1.81 bits per heavy atom. The number of nitrogens with zero attached hydrogens (tertiary/aromatic N) is 7. The number of aryl methyl sites for hydroxylation is 2. The van der Waals surface area contributed by atoms with E-state index in [-0.39, 0.29) is 42.6 Å². The summed E-state index contributed by atoms with van der Waals surface area (Å²) in [7, 11) is 3.11. The standard InChI is InChI=1S/C44H47Cl2N11O5S/c1-23-24(2)63-43-39(23)40(26-10-12-27(45)13-11-26)51-35(41-54-53-25(3)57(41)43)19-37(58)50-20-28(47)22-56(48)16-8-6-7-9-38(59)55(4)36-15-14-29(42(52-36)62-5)30-17-31-32(44(60)61)21-49-34(31)18-33(30)46/h10-15,17-18,21-22,35,49H,6-9,16,19-20,47-48H2,1-5H3,(H,50,58)(H,60,61)/b28-22-. The molecule has 0 aliphatic carbocycles. The second-order valence-electron chi connectivity index (χ2n) is 15.2. The monoisotopic (exact) mass is 911 g/mol. The van der Waals surface area contributed by atoms with Gasteiger partial charge in [-0.3, -0.25) is 24.0 Å². The minimum atomic E-state index is -1.07. The van der Waals surface area contributed by atoms with E-state index in [0.717, 1.165) is 38.7 Å². The van der Waals surface area contributed by atoms with Crippen LogP contribution in [0.2, 0.25) is 10.0 Å². The first-order valence-electron chi connectivity index (χ1n) is 20.1. The number of aliphatic imine (C=N–C) groups is 1. The minimum absolute atomic E-state index is 0.0155. The maximum Gasteiger partial charge on any atom is 0.337 e. The fourth-order valence-corrected chi connectivity index (χ4v) is 9.06. The predicted molar refractivity (Wildman–Crippen MR) is 246 cm³/mol. The van der Waals surface area contributed by atoms with Crippen molar-refractivity contribution in [3.8, 4) is 22.0 Å². The molecule has 0 saturated heterocycles. The summed E-state index contributed by atoms with van der Waals surface area (Å²) >= 11 is 14.5. The van der Waals surface area contributed by atoms with Crippen LogP contribution in [0.15, 0.2) is 71.6 Å². The van der Waals surface area contributed by atoms with Crippen molar-refractivity contribution in [3.05, 3.63) is 115 Å². The highest BCUT2D eigenvalue weighted by atomic mass is 35.5. The molecule has 7 N–H and O–H groups in total. The second kappa shape index (κ2) is 19.0.